The number of fused-ring (bicyclic) bond motifs is 1. The molecule has 6 rings (SSSR count). The SMILES string of the molecule is COc1ccc(C2=NN(C(=O)CSc3cn(Cc4cccc(C)c4)c4ccccc34)[C@H](c3cccc(OC)c3OC)C2)cc1. The molecule has 2 heterocycles. The molecule has 44 heavy (non-hydrogen) atoms. The number of carbonyl (C=O) groups excluding carboxylic acids is 1. The summed E-state index contributed by atoms with van der Waals surface area (Å²) in [5.74, 6) is 2.15. The molecule has 1 atom stereocenters. The van der Waals surface area contributed by atoms with Crippen molar-refractivity contribution in [2.75, 3.05) is 27.1 Å². The van der Waals surface area contributed by atoms with Gasteiger partial charge in [-0.05, 0) is 54.4 Å². The Morgan fingerprint density at radius 1 is 0.909 bits per heavy atom. The van der Waals surface area contributed by atoms with Gasteiger partial charge >= 0.3 is 0 Å². The fourth-order valence-electron chi connectivity index (χ4n) is 5.79. The molecule has 224 valence electrons. The molecule has 1 amide bonds. The lowest BCUT2D eigenvalue weighted by atomic mass is 9.97. The van der Waals surface area contributed by atoms with Crippen LogP contribution < -0.4 is 14.2 Å². The van der Waals surface area contributed by atoms with Crippen LogP contribution in [0.1, 0.15) is 34.7 Å². The Labute approximate surface area is 262 Å². The molecule has 1 aromatic heterocycles. The van der Waals surface area contributed by atoms with Crippen LogP contribution in [0, 0.1) is 6.92 Å². The van der Waals surface area contributed by atoms with E-state index in [0.717, 1.165) is 44.9 Å². The molecular weight excluding hydrogens is 570 g/mol. The van der Waals surface area contributed by atoms with Gasteiger partial charge in [0.25, 0.3) is 5.91 Å². The van der Waals surface area contributed by atoms with Crippen LogP contribution in [0.3, 0.4) is 0 Å². The van der Waals surface area contributed by atoms with Crippen LogP contribution in [0.2, 0.25) is 0 Å². The second-order valence-electron chi connectivity index (χ2n) is 10.7. The predicted molar refractivity (Wildman–Crippen MR) is 176 cm³/mol. The summed E-state index contributed by atoms with van der Waals surface area (Å²) in [6.07, 6.45) is 2.70. The summed E-state index contributed by atoms with van der Waals surface area (Å²) >= 11 is 1.54. The third kappa shape index (κ3) is 5.90. The number of benzene rings is 4. The monoisotopic (exact) mass is 605 g/mol. The normalized spacial score (nSPS) is 14.5. The van der Waals surface area contributed by atoms with E-state index in [1.165, 1.54) is 11.1 Å². The van der Waals surface area contributed by atoms with Crippen LogP contribution in [-0.2, 0) is 11.3 Å². The molecule has 0 saturated heterocycles. The zero-order chi connectivity index (χ0) is 30.6. The Hall–Kier alpha value is -4.69. The second-order valence-corrected chi connectivity index (χ2v) is 11.7. The second kappa shape index (κ2) is 12.9. The van der Waals surface area contributed by atoms with E-state index in [9.17, 15) is 4.79 Å². The summed E-state index contributed by atoms with van der Waals surface area (Å²) < 4.78 is 19.0. The highest BCUT2D eigenvalue weighted by Crippen LogP contribution is 2.42. The van der Waals surface area contributed by atoms with Crippen LogP contribution in [0.15, 0.2) is 107 Å². The lowest BCUT2D eigenvalue weighted by Gasteiger charge is -2.24. The first-order chi connectivity index (χ1) is 21.5. The average molecular weight is 606 g/mol. The lowest BCUT2D eigenvalue weighted by Crippen LogP contribution is -2.28. The van der Waals surface area contributed by atoms with Crippen molar-refractivity contribution in [2.24, 2.45) is 5.10 Å². The lowest BCUT2D eigenvalue weighted by molar-refractivity contribution is -0.130. The number of thioether (sulfide) groups is 1. The number of hydrogen-bond acceptors (Lipinski definition) is 6. The Bertz CT molecular complexity index is 1830. The standard InChI is InChI=1S/C36H35N3O4S/c1-24-9-7-10-25(19-24)21-38-22-34(28-11-5-6-13-31(28)38)44-23-35(40)39-32(29-12-8-14-33(42-3)36(29)43-4)20-30(37-39)26-15-17-27(41-2)18-16-26/h5-19,22,32H,20-21,23H2,1-4H3/t32-/m0/s1. The van der Waals surface area contributed by atoms with Gasteiger partial charge in [-0.15, -0.1) is 11.8 Å². The molecule has 1 aliphatic rings. The zero-order valence-electron chi connectivity index (χ0n) is 25.3. The fraction of sp³-hybridized carbons (Fsp3) is 0.222. The number of nitrogens with zero attached hydrogens (tertiary/aromatic N) is 3. The number of aryl methyl sites for hydroxylation is 1. The zero-order valence-corrected chi connectivity index (χ0v) is 26.1. The highest BCUT2D eigenvalue weighted by Gasteiger charge is 2.35. The minimum Gasteiger partial charge on any atom is -0.497 e. The van der Waals surface area contributed by atoms with Crippen molar-refractivity contribution >= 4 is 34.3 Å². The summed E-state index contributed by atoms with van der Waals surface area (Å²) in [7, 11) is 4.88. The van der Waals surface area contributed by atoms with Crippen LogP contribution in [0.5, 0.6) is 17.2 Å². The predicted octanol–water partition coefficient (Wildman–Crippen LogP) is 7.49. The van der Waals surface area contributed by atoms with E-state index in [-0.39, 0.29) is 17.7 Å². The summed E-state index contributed by atoms with van der Waals surface area (Å²) in [5, 5.41) is 7.64. The minimum absolute atomic E-state index is 0.0797. The highest BCUT2D eigenvalue weighted by atomic mass is 32.2. The number of rotatable bonds is 10. The van der Waals surface area contributed by atoms with E-state index in [1.54, 1.807) is 38.1 Å². The van der Waals surface area contributed by atoms with Gasteiger partial charge in [-0.1, -0.05) is 60.2 Å². The summed E-state index contributed by atoms with van der Waals surface area (Å²) in [4.78, 5) is 15.1. The summed E-state index contributed by atoms with van der Waals surface area (Å²) in [6.45, 7) is 2.87. The quantitative estimate of drug-likeness (QED) is 0.154. The van der Waals surface area contributed by atoms with E-state index in [0.29, 0.717) is 17.9 Å². The molecule has 7 nitrogen and oxygen atoms in total. The number of methoxy groups -OCH3 is 3. The van der Waals surface area contributed by atoms with Gasteiger partial charge in [0.1, 0.15) is 5.75 Å². The third-order valence-electron chi connectivity index (χ3n) is 7.92. The fourth-order valence-corrected chi connectivity index (χ4v) is 6.73. The summed E-state index contributed by atoms with van der Waals surface area (Å²) in [6, 6.07) is 30.1. The Morgan fingerprint density at radius 2 is 1.70 bits per heavy atom. The molecule has 0 fully saturated rings. The van der Waals surface area contributed by atoms with Crippen molar-refractivity contribution in [3.8, 4) is 17.2 Å². The molecule has 4 aromatic carbocycles. The van der Waals surface area contributed by atoms with Gasteiger partial charge < -0.3 is 18.8 Å². The molecule has 1 aliphatic heterocycles. The smallest absolute Gasteiger partial charge is 0.253 e. The molecule has 0 aliphatic carbocycles. The maximum absolute atomic E-state index is 14.0. The molecule has 0 spiro atoms. The van der Waals surface area contributed by atoms with Gasteiger partial charge in [0.2, 0.25) is 0 Å². The van der Waals surface area contributed by atoms with Gasteiger partial charge in [-0.25, -0.2) is 5.01 Å². The highest BCUT2D eigenvalue weighted by molar-refractivity contribution is 8.00. The number of hydrogen-bond donors (Lipinski definition) is 0. The molecule has 0 N–H and O–H groups in total. The van der Waals surface area contributed by atoms with Gasteiger partial charge in [0, 0.05) is 40.5 Å². The van der Waals surface area contributed by atoms with E-state index < -0.39 is 0 Å². The van der Waals surface area contributed by atoms with Crippen LogP contribution in [0.4, 0.5) is 0 Å². The first kappa shape index (κ1) is 29.4. The number of para-hydroxylation sites is 2. The largest absolute Gasteiger partial charge is 0.497 e. The van der Waals surface area contributed by atoms with Crippen molar-refractivity contribution in [3.05, 3.63) is 119 Å². The maximum atomic E-state index is 14.0. The van der Waals surface area contributed by atoms with E-state index >= 15 is 0 Å². The van der Waals surface area contributed by atoms with E-state index in [1.807, 2.05) is 48.5 Å². The Morgan fingerprint density at radius 3 is 2.45 bits per heavy atom. The van der Waals surface area contributed by atoms with Crippen LogP contribution in [-0.4, -0.2) is 48.3 Å². The van der Waals surface area contributed by atoms with E-state index in [4.69, 9.17) is 19.3 Å². The van der Waals surface area contributed by atoms with Crippen LogP contribution >= 0.6 is 11.8 Å². The van der Waals surface area contributed by atoms with Crippen molar-refractivity contribution in [3.63, 3.8) is 0 Å². The number of amides is 1. The first-order valence-corrected chi connectivity index (χ1v) is 15.5. The molecule has 5 aromatic rings. The molecular formula is C36H35N3O4S. The minimum atomic E-state index is -0.340. The first-order valence-electron chi connectivity index (χ1n) is 14.5. The van der Waals surface area contributed by atoms with Gasteiger partial charge in [0.15, 0.2) is 11.5 Å². The summed E-state index contributed by atoms with van der Waals surface area (Å²) in [5.41, 5.74) is 6.25. The topological polar surface area (TPSA) is 65.3 Å². The molecule has 0 bridgehead atoms. The van der Waals surface area contributed by atoms with Crippen molar-refractivity contribution in [2.45, 2.75) is 30.8 Å². The van der Waals surface area contributed by atoms with Crippen molar-refractivity contribution in [1.82, 2.24) is 9.58 Å². The van der Waals surface area contributed by atoms with Gasteiger partial charge in [-0.2, -0.15) is 5.10 Å². The van der Waals surface area contributed by atoms with Crippen molar-refractivity contribution in [1.29, 1.82) is 0 Å². The number of hydrazone groups is 1. The number of ether oxygens (including phenoxy) is 3. The number of aromatic nitrogens is 1. The molecule has 0 unspecified atom stereocenters. The Kier molecular flexibility index (Phi) is 8.61. The Balaban J connectivity index is 1.30. The average Bonchev–Trinajstić information content (AvgIpc) is 3.65. The van der Waals surface area contributed by atoms with Gasteiger partial charge in [0.05, 0.1) is 38.8 Å². The third-order valence-corrected chi connectivity index (χ3v) is 8.95. The van der Waals surface area contributed by atoms with Crippen LogP contribution in [0.25, 0.3) is 10.9 Å². The maximum Gasteiger partial charge on any atom is 0.253 e. The van der Waals surface area contributed by atoms with Gasteiger partial charge in [-0.3, -0.25) is 4.79 Å². The number of carbonyl (C=O) groups is 1. The molecule has 0 radical (unpaired) electrons. The van der Waals surface area contributed by atoms with E-state index in [2.05, 4.69) is 60.2 Å². The van der Waals surface area contributed by atoms with Crippen molar-refractivity contribution < 1.29 is 19.0 Å². The molecule has 0 saturated carbocycles. The molecule has 8 heteroatoms.